The molecular formula is C13H12N2O2S. The number of carbonyl (C=O) groups is 1. The average Bonchev–Trinajstić information content (AvgIpc) is 2.84. The van der Waals surface area contributed by atoms with E-state index in [1.54, 1.807) is 11.1 Å². The number of thiophene rings is 1. The molecule has 2 aromatic heterocycles. The molecule has 0 unspecified atom stereocenters. The number of aryl methyl sites for hydroxylation is 1. The normalized spacial score (nSPS) is 13.9. The number of amides is 1. The summed E-state index contributed by atoms with van der Waals surface area (Å²) in [5, 5.41) is 0. The molecule has 0 saturated carbocycles. The summed E-state index contributed by atoms with van der Waals surface area (Å²) >= 11 is 1.51. The lowest BCUT2D eigenvalue weighted by atomic mass is 10.3. The molecule has 5 heteroatoms. The fourth-order valence-corrected chi connectivity index (χ4v) is 2.76. The summed E-state index contributed by atoms with van der Waals surface area (Å²) in [6, 6.07) is 7.50. The number of pyridine rings is 1. The molecule has 0 N–H and O–H groups in total. The standard InChI is InChI=1S/C13H12N2O2S/c1-9-4-5-11(18-9)13(16)15-7-8-17-12-10(15)3-2-6-14-12/h2-6H,7-8H2,1H3. The molecule has 92 valence electrons. The highest BCUT2D eigenvalue weighted by Gasteiger charge is 2.25. The van der Waals surface area contributed by atoms with Crippen LogP contribution in [0, 0.1) is 6.92 Å². The summed E-state index contributed by atoms with van der Waals surface area (Å²) in [5.41, 5.74) is 0.750. The lowest BCUT2D eigenvalue weighted by molar-refractivity contribution is 0.0979. The number of hydrogen-bond acceptors (Lipinski definition) is 4. The number of carbonyl (C=O) groups excluding carboxylic acids is 1. The van der Waals surface area contributed by atoms with E-state index < -0.39 is 0 Å². The maximum Gasteiger partial charge on any atom is 0.268 e. The molecule has 4 nitrogen and oxygen atoms in total. The highest BCUT2D eigenvalue weighted by atomic mass is 32.1. The zero-order valence-corrected chi connectivity index (χ0v) is 10.7. The second kappa shape index (κ2) is 4.42. The first-order valence-corrected chi connectivity index (χ1v) is 6.53. The molecule has 0 aliphatic carbocycles. The van der Waals surface area contributed by atoms with E-state index in [0.717, 1.165) is 15.4 Å². The molecule has 0 atom stereocenters. The molecule has 1 amide bonds. The molecule has 18 heavy (non-hydrogen) atoms. The molecule has 0 bridgehead atoms. The number of anilines is 1. The minimum absolute atomic E-state index is 0.0191. The van der Waals surface area contributed by atoms with Crippen molar-refractivity contribution in [2.75, 3.05) is 18.1 Å². The fourth-order valence-electron chi connectivity index (χ4n) is 1.95. The Morgan fingerprint density at radius 1 is 1.44 bits per heavy atom. The third-order valence-electron chi connectivity index (χ3n) is 2.79. The van der Waals surface area contributed by atoms with Gasteiger partial charge in [-0.05, 0) is 31.2 Å². The van der Waals surface area contributed by atoms with Crippen LogP contribution in [-0.2, 0) is 0 Å². The zero-order chi connectivity index (χ0) is 12.5. The summed E-state index contributed by atoms with van der Waals surface area (Å²) in [6.45, 7) is 3.05. The lowest BCUT2D eigenvalue weighted by Crippen LogP contribution is -2.37. The van der Waals surface area contributed by atoms with E-state index in [9.17, 15) is 4.79 Å². The molecular weight excluding hydrogens is 248 g/mol. The van der Waals surface area contributed by atoms with Gasteiger partial charge in [-0.2, -0.15) is 0 Å². The van der Waals surface area contributed by atoms with Crippen LogP contribution in [0.4, 0.5) is 5.69 Å². The van der Waals surface area contributed by atoms with Gasteiger partial charge in [-0.3, -0.25) is 9.69 Å². The van der Waals surface area contributed by atoms with Gasteiger partial charge in [0.05, 0.1) is 11.4 Å². The Hall–Kier alpha value is -1.88. The third-order valence-corrected chi connectivity index (χ3v) is 3.78. The second-order valence-electron chi connectivity index (χ2n) is 4.04. The molecule has 0 aromatic carbocycles. The van der Waals surface area contributed by atoms with Gasteiger partial charge in [0.1, 0.15) is 12.3 Å². The van der Waals surface area contributed by atoms with E-state index in [2.05, 4.69) is 4.98 Å². The quantitative estimate of drug-likeness (QED) is 0.791. The Bertz CT molecular complexity index is 594. The third kappa shape index (κ3) is 1.86. The Labute approximate surface area is 109 Å². The Morgan fingerprint density at radius 3 is 3.11 bits per heavy atom. The lowest BCUT2D eigenvalue weighted by Gasteiger charge is -2.28. The molecule has 0 spiro atoms. The smallest absolute Gasteiger partial charge is 0.268 e. The van der Waals surface area contributed by atoms with Crippen molar-refractivity contribution in [1.82, 2.24) is 4.98 Å². The van der Waals surface area contributed by atoms with Gasteiger partial charge in [0.25, 0.3) is 5.91 Å². The number of aromatic nitrogens is 1. The highest BCUT2D eigenvalue weighted by molar-refractivity contribution is 7.14. The number of hydrogen-bond donors (Lipinski definition) is 0. The van der Waals surface area contributed by atoms with Gasteiger partial charge >= 0.3 is 0 Å². The first kappa shape index (κ1) is 11.2. The van der Waals surface area contributed by atoms with Crippen molar-refractivity contribution >= 4 is 22.9 Å². The van der Waals surface area contributed by atoms with Gasteiger partial charge < -0.3 is 4.74 Å². The van der Waals surface area contributed by atoms with Gasteiger partial charge in [-0.15, -0.1) is 11.3 Å². The van der Waals surface area contributed by atoms with Crippen LogP contribution in [0.2, 0.25) is 0 Å². The zero-order valence-electron chi connectivity index (χ0n) is 9.92. The molecule has 0 radical (unpaired) electrons. The van der Waals surface area contributed by atoms with Crippen molar-refractivity contribution in [1.29, 1.82) is 0 Å². The SMILES string of the molecule is Cc1ccc(C(=O)N2CCOc3ncccc32)s1. The van der Waals surface area contributed by atoms with Gasteiger partial charge in [0, 0.05) is 11.1 Å². The van der Waals surface area contributed by atoms with Crippen LogP contribution >= 0.6 is 11.3 Å². The van der Waals surface area contributed by atoms with Gasteiger partial charge in [-0.1, -0.05) is 0 Å². The molecule has 0 fully saturated rings. The van der Waals surface area contributed by atoms with Crippen molar-refractivity contribution in [3.8, 4) is 5.88 Å². The van der Waals surface area contributed by atoms with E-state index >= 15 is 0 Å². The van der Waals surface area contributed by atoms with Crippen LogP contribution in [0.5, 0.6) is 5.88 Å². The van der Waals surface area contributed by atoms with Crippen molar-refractivity contribution in [3.05, 3.63) is 40.2 Å². The van der Waals surface area contributed by atoms with E-state index in [-0.39, 0.29) is 5.91 Å². The van der Waals surface area contributed by atoms with Crippen LogP contribution < -0.4 is 9.64 Å². The molecule has 1 aliphatic heterocycles. The molecule has 1 aliphatic rings. The van der Waals surface area contributed by atoms with Crippen molar-refractivity contribution in [2.24, 2.45) is 0 Å². The summed E-state index contributed by atoms with van der Waals surface area (Å²) in [4.78, 5) is 20.2. The van der Waals surface area contributed by atoms with Gasteiger partial charge in [0.2, 0.25) is 5.88 Å². The predicted molar refractivity (Wildman–Crippen MR) is 70.5 cm³/mol. The topological polar surface area (TPSA) is 42.4 Å². The summed E-state index contributed by atoms with van der Waals surface area (Å²) < 4.78 is 5.44. The number of rotatable bonds is 1. The minimum atomic E-state index is 0.0191. The van der Waals surface area contributed by atoms with Crippen LogP contribution in [-0.4, -0.2) is 24.0 Å². The van der Waals surface area contributed by atoms with E-state index in [4.69, 9.17) is 4.74 Å². The Morgan fingerprint density at radius 2 is 2.33 bits per heavy atom. The number of nitrogens with zero attached hydrogens (tertiary/aromatic N) is 2. The number of ether oxygens (including phenoxy) is 1. The Balaban J connectivity index is 1.96. The van der Waals surface area contributed by atoms with Crippen LogP contribution in [0.15, 0.2) is 30.5 Å². The summed E-state index contributed by atoms with van der Waals surface area (Å²) in [7, 11) is 0. The minimum Gasteiger partial charge on any atom is -0.474 e. The monoisotopic (exact) mass is 260 g/mol. The number of fused-ring (bicyclic) bond motifs is 1. The maximum absolute atomic E-state index is 12.4. The summed E-state index contributed by atoms with van der Waals surface area (Å²) in [5.74, 6) is 0.552. The average molecular weight is 260 g/mol. The highest BCUT2D eigenvalue weighted by Crippen LogP contribution is 2.30. The molecule has 3 heterocycles. The first-order valence-electron chi connectivity index (χ1n) is 5.72. The van der Waals surface area contributed by atoms with Crippen molar-refractivity contribution < 1.29 is 9.53 Å². The molecule has 2 aromatic rings. The molecule has 3 rings (SSSR count). The van der Waals surface area contributed by atoms with E-state index in [1.165, 1.54) is 11.3 Å². The Kier molecular flexibility index (Phi) is 2.76. The van der Waals surface area contributed by atoms with E-state index in [0.29, 0.717) is 19.0 Å². The van der Waals surface area contributed by atoms with Crippen LogP contribution in [0.25, 0.3) is 0 Å². The molecule has 0 saturated heterocycles. The van der Waals surface area contributed by atoms with Crippen molar-refractivity contribution in [2.45, 2.75) is 6.92 Å². The largest absolute Gasteiger partial charge is 0.474 e. The van der Waals surface area contributed by atoms with Crippen LogP contribution in [0.3, 0.4) is 0 Å². The van der Waals surface area contributed by atoms with Gasteiger partial charge in [0.15, 0.2) is 0 Å². The van der Waals surface area contributed by atoms with E-state index in [1.807, 2.05) is 31.2 Å². The van der Waals surface area contributed by atoms with Crippen LogP contribution in [0.1, 0.15) is 14.5 Å². The van der Waals surface area contributed by atoms with Crippen molar-refractivity contribution in [3.63, 3.8) is 0 Å². The summed E-state index contributed by atoms with van der Waals surface area (Å²) in [6.07, 6.45) is 1.67. The fraction of sp³-hybridized carbons (Fsp3) is 0.231. The second-order valence-corrected chi connectivity index (χ2v) is 5.33. The first-order chi connectivity index (χ1) is 8.75. The maximum atomic E-state index is 12.4. The predicted octanol–water partition coefficient (Wildman–Crippen LogP) is 2.49. The van der Waals surface area contributed by atoms with Gasteiger partial charge in [-0.25, -0.2) is 4.98 Å².